The predicted molar refractivity (Wildman–Crippen MR) is 58.3 cm³/mol. The minimum Gasteiger partial charge on any atom is -0.343 e. The van der Waals surface area contributed by atoms with Crippen molar-refractivity contribution < 1.29 is 9.59 Å². The van der Waals surface area contributed by atoms with Gasteiger partial charge >= 0.3 is 0 Å². The number of piperazine rings is 1. The fourth-order valence-electron chi connectivity index (χ4n) is 1.77. The first-order chi connectivity index (χ1) is 6.91. The van der Waals surface area contributed by atoms with Crippen molar-refractivity contribution in [3.63, 3.8) is 0 Å². The Hall–Kier alpha value is -1.06. The van der Waals surface area contributed by atoms with Gasteiger partial charge in [-0.25, -0.2) is 0 Å². The highest BCUT2D eigenvalue weighted by Crippen LogP contribution is 2.21. The van der Waals surface area contributed by atoms with Crippen LogP contribution < -0.4 is 5.32 Å². The maximum atomic E-state index is 11.9. The summed E-state index contributed by atoms with van der Waals surface area (Å²) in [6.45, 7) is 8.06. The van der Waals surface area contributed by atoms with Gasteiger partial charge in [-0.2, -0.15) is 0 Å². The van der Waals surface area contributed by atoms with Crippen molar-refractivity contribution in [2.24, 2.45) is 0 Å². The maximum absolute atomic E-state index is 11.9. The van der Waals surface area contributed by atoms with E-state index >= 15 is 0 Å². The fraction of sp³-hybridized carbons (Fsp3) is 0.818. The molecule has 0 spiro atoms. The first-order valence-electron chi connectivity index (χ1n) is 5.53. The highest BCUT2D eigenvalue weighted by molar-refractivity contribution is 5.99. The number of rotatable bonds is 3. The summed E-state index contributed by atoms with van der Waals surface area (Å²) in [6, 6.07) is -0.387. The highest BCUT2D eigenvalue weighted by Gasteiger charge is 2.44. The quantitative estimate of drug-likeness (QED) is 0.756. The van der Waals surface area contributed by atoms with Crippen LogP contribution in [-0.4, -0.2) is 34.8 Å². The van der Waals surface area contributed by atoms with Crippen LogP contribution in [0, 0.1) is 0 Å². The SMILES string of the molecule is CCCCN1C(=O)C(C)NC(=O)C1(C)C. The third kappa shape index (κ3) is 2.13. The van der Waals surface area contributed by atoms with E-state index < -0.39 is 5.54 Å². The molecule has 4 nitrogen and oxygen atoms in total. The van der Waals surface area contributed by atoms with Crippen molar-refractivity contribution in [2.75, 3.05) is 6.54 Å². The lowest BCUT2D eigenvalue weighted by Gasteiger charge is -2.43. The van der Waals surface area contributed by atoms with Crippen LogP contribution in [0.2, 0.25) is 0 Å². The average Bonchev–Trinajstić information content (AvgIpc) is 2.15. The molecular weight excluding hydrogens is 192 g/mol. The van der Waals surface area contributed by atoms with Crippen LogP contribution in [0.4, 0.5) is 0 Å². The molecule has 0 radical (unpaired) electrons. The summed E-state index contributed by atoms with van der Waals surface area (Å²) >= 11 is 0. The number of unbranched alkanes of at least 4 members (excludes halogenated alkanes) is 1. The van der Waals surface area contributed by atoms with Crippen molar-refractivity contribution in [3.8, 4) is 0 Å². The molecule has 1 unspecified atom stereocenters. The Kier molecular flexibility index (Phi) is 3.37. The minimum absolute atomic E-state index is 0.0213. The molecule has 4 heteroatoms. The molecule has 1 heterocycles. The van der Waals surface area contributed by atoms with E-state index in [4.69, 9.17) is 0 Å². The second kappa shape index (κ2) is 4.21. The van der Waals surface area contributed by atoms with Crippen LogP contribution in [-0.2, 0) is 9.59 Å². The molecule has 15 heavy (non-hydrogen) atoms. The fourth-order valence-corrected chi connectivity index (χ4v) is 1.77. The van der Waals surface area contributed by atoms with Gasteiger partial charge in [0.05, 0.1) is 0 Å². The van der Waals surface area contributed by atoms with Crippen LogP contribution in [0.3, 0.4) is 0 Å². The summed E-state index contributed by atoms with van der Waals surface area (Å²) in [4.78, 5) is 25.3. The van der Waals surface area contributed by atoms with Crippen LogP contribution in [0.1, 0.15) is 40.5 Å². The van der Waals surface area contributed by atoms with Gasteiger partial charge in [0.2, 0.25) is 11.8 Å². The lowest BCUT2D eigenvalue weighted by atomic mass is 9.95. The third-order valence-corrected chi connectivity index (χ3v) is 2.95. The Morgan fingerprint density at radius 1 is 1.40 bits per heavy atom. The Labute approximate surface area is 91.0 Å². The van der Waals surface area contributed by atoms with Crippen molar-refractivity contribution in [1.29, 1.82) is 0 Å². The molecule has 0 aromatic rings. The lowest BCUT2D eigenvalue weighted by molar-refractivity contribution is -0.154. The average molecular weight is 212 g/mol. The molecule has 2 amide bonds. The molecule has 1 fully saturated rings. The van der Waals surface area contributed by atoms with Gasteiger partial charge in [0.1, 0.15) is 11.6 Å². The molecule has 1 saturated heterocycles. The van der Waals surface area contributed by atoms with Crippen molar-refractivity contribution in [3.05, 3.63) is 0 Å². The first kappa shape index (κ1) is 12.0. The molecule has 1 rings (SSSR count). The smallest absolute Gasteiger partial charge is 0.246 e. The monoisotopic (exact) mass is 212 g/mol. The molecule has 0 aromatic carbocycles. The molecule has 86 valence electrons. The van der Waals surface area contributed by atoms with E-state index in [1.54, 1.807) is 25.7 Å². The molecule has 1 atom stereocenters. The summed E-state index contributed by atoms with van der Waals surface area (Å²) < 4.78 is 0. The van der Waals surface area contributed by atoms with Gasteiger partial charge in [0, 0.05) is 6.54 Å². The minimum atomic E-state index is -0.710. The van der Waals surface area contributed by atoms with Gasteiger partial charge in [-0.05, 0) is 27.2 Å². The lowest BCUT2D eigenvalue weighted by Crippen LogP contribution is -2.67. The van der Waals surface area contributed by atoms with Crippen LogP contribution >= 0.6 is 0 Å². The van der Waals surface area contributed by atoms with Gasteiger partial charge in [0.25, 0.3) is 0 Å². The summed E-state index contributed by atoms with van der Waals surface area (Å²) in [5, 5.41) is 2.70. The van der Waals surface area contributed by atoms with E-state index in [9.17, 15) is 9.59 Å². The molecule has 0 aliphatic carbocycles. The molecule has 1 aliphatic heterocycles. The number of hydrogen-bond donors (Lipinski definition) is 1. The van der Waals surface area contributed by atoms with E-state index in [-0.39, 0.29) is 17.9 Å². The predicted octanol–water partition coefficient (Wildman–Crippen LogP) is 0.912. The second-order valence-electron chi connectivity index (χ2n) is 4.60. The van der Waals surface area contributed by atoms with Crippen LogP contribution in [0.25, 0.3) is 0 Å². The van der Waals surface area contributed by atoms with E-state index in [1.807, 2.05) is 0 Å². The van der Waals surface area contributed by atoms with E-state index in [1.165, 1.54) is 0 Å². The standard InChI is InChI=1S/C11H20N2O2/c1-5-6-7-13-9(14)8(2)12-10(15)11(13,3)4/h8H,5-7H2,1-4H3,(H,12,15). The van der Waals surface area contributed by atoms with Crippen LogP contribution in [0.5, 0.6) is 0 Å². The van der Waals surface area contributed by atoms with Crippen molar-refractivity contribution >= 4 is 11.8 Å². The number of nitrogens with zero attached hydrogens (tertiary/aromatic N) is 1. The zero-order chi connectivity index (χ0) is 11.6. The summed E-state index contributed by atoms with van der Waals surface area (Å²) in [5.74, 6) is -0.0428. The summed E-state index contributed by atoms with van der Waals surface area (Å²) in [6.07, 6.45) is 1.96. The first-order valence-corrected chi connectivity index (χ1v) is 5.53. The molecular formula is C11H20N2O2. The van der Waals surface area contributed by atoms with E-state index in [2.05, 4.69) is 12.2 Å². The van der Waals surface area contributed by atoms with Crippen molar-refractivity contribution in [2.45, 2.75) is 52.1 Å². The molecule has 1 aliphatic rings. The zero-order valence-corrected chi connectivity index (χ0v) is 9.96. The maximum Gasteiger partial charge on any atom is 0.246 e. The molecule has 0 bridgehead atoms. The Balaban J connectivity index is 2.85. The molecule has 0 aromatic heterocycles. The molecule has 1 N–H and O–H groups in total. The number of carbonyl (C=O) groups is 2. The second-order valence-corrected chi connectivity index (χ2v) is 4.60. The Morgan fingerprint density at radius 2 is 2.00 bits per heavy atom. The largest absolute Gasteiger partial charge is 0.343 e. The van der Waals surface area contributed by atoms with Crippen molar-refractivity contribution in [1.82, 2.24) is 10.2 Å². The third-order valence-electron chi connectivity index (χ3n) is 2.95. The molecule has 0 saturated carbocycles. The Bertz CT molecular complexity index is 274. The van der Waals surface area contributed by atoms with Gasteiger partial charge in [-0.15, -0.1) is 0 Å². The number of carbonyl (C=O) groups excluding carboxylic acids is 2. The number of amides is 2. The number of nitrogens with one attached hydrogen (secondary N) is 1. The Morgan fingerprint density at radius 3 is 2.53 bits per heavy atom. The van der Waals surface area contributed by atoms with Gasteiger partial charge in [-0.1, -0.05) is 13.3 Å². The number of hydrogen-bond acceptors (Lipinski definition) is 2. The highest BCUT2D eigenvalue weighted by atomic mass is 16.2. The zero-order valence-electron chi connectivity index (χ0n) is 9.96. The summed E-state index contributed by atoms with van der Waals surface area (Å²) in [5.41, 5.74) is -0.710. The summed E-state index contributed by atoms with van der Waals surface area (Å²) in [7, 11) is 0. The normalized spacial score (nSPS) is 25.3. The van der Waals surface area contributed by atoms with Gasteiger partial charge in [0.15, 0.2) is 0 Å². The topological polar surface area (TPSA) is 49.4 Å². The van der Waals surface area contributed by atoms with Crippen LogP contribution in [0.15, 0.2) is 0 Å². The van der Waals surface area contributed by atoms with E-state index in [0.29, 0.717) is 6.54 Å². The van der Waals surface area contributed by atoms with Gasteiger partial charge in [-0.3, -0.25) is 9.59 Å². The van der Waals surface area contributed by atoms with Gasteiger partial charge < -0.3 is 10.2 Å². The van der Waals surface area contributed by atoms with E-state index in [0.717, 1.165) is 12.8 Å².